The molecule has 0 atom stereocenters. The summed E-state index contributed by atoms with van der Waals surface area (Å²) in [7, 11) is 0. The van der Waals surface area contributed by atoms with Gasteiger partial charge in [0.25, 0.3) is 0 Å². The fraction of sp³-hybridized carbons (Fsp3) is 0.471. The summed E-state index contributed by atoms with van der Waals surface area (Å²) in [5.74, 6) is 5.79. The summed E-state index contributed by atoms with van der Waals surface area (Å²) >= 11 is 11.0. The first-order chi connectivity index (χ1) is 11.1. The Kier molecular flexibility index (Phi) is 7.64. The second kappa shape index (κ2) is 9.48. The summed E-state index contributed by atoms with van der Waals surface area (Å²) in [6.45, 7) is 2.43. The number of hydrogen-bond donors (Lipinski definition) is 2. The number of rotatable bonds is 2. The van der Waals surface area contributed by atoms with Gasteiger partial charge < -0.3 is 11.1 Å². The van der Waals surface area contributed by atoms with Crippen LogP contribution in [0.5, 0.6) is 0 Å². The molecule has 0 aromatic carbocycles. The Bertz CT molecular complexity index is 699. The second-order valence-corrected chi connectivity index (χ2v) is 7.55. The number of halogens is 2. The Labute approximate surface area is 155 Å². The van der Waals surface area contributed by atoms with Crippen LogP contribution in [0.2, 0.25) is 5.15 Å². The molecule has 23 heavy (non-hydrogen) atoms. The van der Waals surface area contributed by atoms with Crippen LogP contribution in [0.3, 0.4) is 0 Å². The molecule has 124 valence electrons. The minimum Gasteiger partial charge on any atom is -0.373 e. The van der Waals surface area contributed by atoms with E-state index in [0.29, 0.717) is 17.7 Å². The summed E-state index contributed by atoms with van der Waals surface area (Å²) < 4.78 is 2.06. The molecule has 1 saturated carbocycles. The quantitative estimate of drug-likeness (QED) is 0.509. The van der Waals surface area contributed by atoms with Crippen molar-refractivity contribution < 1.29 is 0 Å². The van der Waals surface area contributed by atoms with Crippen LogP contribution in [0.15, 0.2) is 15.9 Å². The van der Waals surface area contributed by atoms with E-state index >= 15 is 0 Å². The zero-order valence-electron chi connectivity index (χ0n) is 13.2. The van der Waals surface area contributed by atoms with Gasteiger partial charge in [0.1, 0.15) is 5.15 Å². The first-order valence-corrected chi connectivity index (χ1v) is 9.79. The molecule has 0 radical (unpaired) electrons. The average molecular weight is 415 g/mol. The molecule has 0 bridgehead atoms. The standard InChI is InChI=1S/C11H8BrClN2S.C6H13N/c1-2-3-4-14-8-5-9(13)15-10-7(12)6-16-11(8)10;7-6-4-2-1-3-5-6/h5-6H,4H2,1H3,(H,14,15);6H,1-5,7H2. The van der Waals surface area contributed by atoms with Crippen LogP contribution in [0.25, 0.3) is 10.2 Å². The second-order valence-electron chi connectivity index (χ2n) is 5.43. The predicted molar refractivity (Wildman–Crippen MR) is 105 cm³/mol. The van der Waals surface area contributed by atoms with E-state index in [1.54, 1.807) is 11.3 Å². The number of fused-ring (bicyclic) bond motifs is 1. The van der Waals surface area contributed by atoms with Crippen LogP contribution in [0.4, 0.5) is 5.69 Å². The first kappa shape index (κ1) is 18.5. The molecule has 2 aromatic heterocycles. The highest BCUT2D eigenvalue weighted by Gasteiger charge is 2.09. The van der Waals surface area contributed by atoms with Crippen LogP contribution in [-0.2, 0) is 0 Å². The number of thiophene rings is 1. The van der Waals surface area contributed by atoms with E-state index < -0.39 is 0 Å². The summed E-state index contributed by atoms with van der Waals surface area (Å²) in [6, 6.07) is 2.36. The van der Waals surface area contributed by atoms with E-state index in [1.165, 1.54) is 32.1 Å². The van der Waals surface area contributed by atoms with Gasteiger partial charge >= 0.3 is 0 Å². The lowest BCUT2D eigenvalue weighted by atomic mass is 9.97. The van der Waals surface area contributed by atoms with Crippen LogP contribution < -0.4 is 11.1 Å². The Morgan fingerprint density at radius 3 is 2.78 bits per heavy atom. The van der Waals surface area contributed by atoms with E-state index in [4.69, 9.17) is 17.3 Å². The van der Waals surface area contributed by atoms with Gasteiger partial charge in [-0.3, -0.25) is 0 Å². The third-order valence-electron chi connectivity index (χ3n) is 3.64. The van der Waals surface area contributed by atoms with Gasteiger partial charge in [0.2, 0.25) is 0 Å². The molecule has 1 fully saturated rings. The molecule has 0 amide bonds. The smallest absolute Gasteiger partial charge is 0.131 e. The highest BCUT2D eigenvalue weighted by atomic mass is 79.9. The van der Waals surface area contributed by atoms with Crippen molar-refractivity contribution in [1.29, 1.82) is 0 Å². The third kappa shape index (κ3) is 5.65. The molecule has 3 rings (SSSR count). The monoisotopic (exact) mass is 413 g/mol. The van der Waals surface area contributed by atoms with Gasteiger partial charge in [-0.15, -0.1) is 17.3 Å². The zero-order chi connectivity index (χ0) is 16.7. The topological polar surface area (TPSA) is 50.9 Å². The lowest BCUT2D eigenvalue weighted by Crippen LogP contribution is -2.22. The van der Waals surface area contributed by atoms with Gasteiger partial charge in [-0.1, -0.05) is 36.8 Å². The lowest BCUT2D eigenvalue weighted by molar-refractivity contribution is 0.441. The fourth-order valence-electron chi connectivity index (χ4n) is 2.44. The highest BCUT2D eigenvalue weighted by molar-refractivity contribution is 9.10. The van der Waals surface area contributed by atoms with Crippen molar-refractivity contribution in [2.45, 2.75) is 45.1 Å². The van der Waals surface area contributed by atoms with Crippen molar-refractivity contribution in [1.82, 2.24) is 4.98 Å². The van der Waals surface area contributed by atoms with E-state index in [0.717, 1.165) is 20.4 Å². The van der Waals surface area contributed by atoms with E-state index in [1.807, 2.05) is 18.4 Å². The lowest BCUT2D eigenvalue weighted by Gasteiger charge is -2.15. The molecule has 3 nitrogen and oxygen atoms in total. The summed E-state index contributed by atoms with van der Waals surface area (Å²) in [5.41, 5.74) is 7.51. The van der Waals surface area contributed by atoms with Crippen molar-refractivity contribution in [3.63, 3.8) is 0 Å². The fourth-order valence-corrected chi connectivity index (χ4v) is 4.19. The minimum absolute atomic E-state index is 0.485. The average Bonchev–Trinajstić information content (AvgIpc) is 2.90. The van der Waals surface area contributed by atoms with Gasteiger partial charge in [-0.25, -0.2) is 4.98 Å². The predicted octanol–water partition coefficient (Wildman–Crippen LogP) is 5.43. The van der Waals surface area contributed by atoms with Crippen molar-refractivity contribution in [2.75, 3.05) is 11.9 Å². The first-order valence-electron chi connectivity index (χ1n) is 7.74. The summed E-state index contributed by atoms with van der Waals surface area (Å²) in [5, 5.41) is 5.72. The molecule has 3 N–H and O–H groups in total. The Morgan fingerprint density at radius 2 is 2.17 bits per heavy atom. The molecule has 0 aliphatic heterocycles. The molecule has 6 heteroatoms. The Hall–Kier alpha value is -0.800. The molecular formula is C17H21BrClN3S. The van der Waals surface area contributed by atoms with Crippen molar-refractivity contribution in [2.24, 2.45) is 5.73 Å². The Balaban J connectivity index is 0.000000229. The maximum Gasteiger partial charge on any atom is 0.131 e. The summed E-state index contributed by atoms with van der Waals surface area (Å²) in [6.07, 6.45) is 6.66. The number of nitrogens with one attached hydrogen (secondary N) is 1. The molecule has 0 spiro atoms. The number of aromatic nitrogens is 1. The van der Waals surface area contributed by atoms with Gasteiger partial charge in [-0.05, 0) is 35.7 Å². The van der Waals surface area contributed by atoms with Crippen molar-refractivity contribution in [3.8, 4) is 11.8 Å². The normalized spacial score (nSPS) is 14.6. The molecular weight excluding hydrogens is 394 g/mol. The van der Waals surface area contributed by atoms with E-state index in [2.05, 4.69) is 38.1 Å². The highest BCUT2D eigenvalue weighted by Crippen LogP contribution is 2.35. The zero-order valence-corrected chi connectivity index (χ0v) is 16.3. The maximum atomic E-state index is 5.96. The number of pyridine rings is 1. The number of hydrogen-bond acceptors (Lipinski definition) is 4. The maximum absolute atomic E-state index is 5.96. The SMILES string of the molecule is CC#CCNc1cc(Cl)nc2c(Br)csc12.NC1CCCCC1. The van der Waals surface area contributed by atoms with Gasteiger partial charge in [0, 0.05) is 17.5 Å². The van der Waals surface area contributed by atoms with Crippen LogP contribution >= 0.6 is 38.9 Å². The Morgan fingerprint density at radius 1 is 1.43 bits per heavy atom. The largest absolute Gasteiger partial charge is 0.373 e. The number of nitrogens with two attached hydrogens (primary N) is 1. The minimum atomic E-state index is 0.485. The van der Waals surface area contributed by atoms with Gasteiger partial charge in [-0.2, -0.15) is 0 Å². The molecule has 2 aromatic rings. The summed E-state index contributed by atoms with van der Waals surface area (Å²) in [4.78, 5) is 4.28. The van der Waals surface area contributed by atoms with Crippen LogP contribution in [0.1, 0.15) is 39.0 Å². The van der Waals surface area contributed by atoms with Gasteiger partial charge in [0.05, 0.1) is 26.9 Å². The molecule has 2 heterocycles. The van der Waals surface area contributed by atoms with Gasteiger partial charge in [0.15, 0.2) is 0 Å². The molecule has 0 unspecified atom stereocenters. The van der Waals surface area contributed by atoms with Crippen molar-refractivity contribution in [3.05, 3.63) is 21.1 Å². The van der Waals surface area contributed by atoms with Crippen LogP contribution in [-0.4, -0.2) is 17.6 Å². The number of nitrogens with zero attached hydrogens (tertiary/aromatic N) is 1. The molecule has 0 saturated heterocycles. The van der Waals surface area contributed by atoms with E-state index in [9.17, 15) is 0 Å². The van der Waals surface area contributed by atoms with E-state index in [-0.39, 0.29) is 0 Å². The third-order valence-corrected chi connectivity index (χ3v) is 5.75. The molecule has 1 aliphatic rings. The number of anilines is 1. The van der Waals surface area contributed by atoms with Crippen LogP contribution in [0, 0.1) is 11.8 Å². The van der Waals surface area contributed by atoms with Crippen molar-refractivity contribution >= 4 is 54.8 Å². The molecule has 1 aliphatic carbocycles.